The number of nitrogens with one attached hydrogen (secondary N) is 3. The molecule has 0 bridgehead atoms. The topological polar surface area (TPSA) is 121 Å². The van der Waals surface area contributed by atoms with E-state index in [1.54, 1.807) is 11.8 Å². The molecule has 1 aliphatic rings. The van der Waals surface area contributed by atoms with Gasteiger partial charge in [-0.25, -0.2) is 9.78 Å². The highest BCUT2D eigenvalue weighted by atomic mass is 32.2. The molecule has 1 fully saturated rings. The summed E-state index contributed by atoms with van der Waals surface area (Å²) in [6.45, 7) is 5.03. The quantitative estimate of drug-likeness (QED) is 0.333. The Morgan fingerprint density at radius 1 is 1.06 bits per heavy atom. The fraction of sp³-hybridized carbons (Fsp3) is 0.400. The van der Waals surface area contributed by atoms with E-state index in [4.69, 9.17) is 9.47 Å². The maximum Gasteiger partial charge on any atom is 0.315 e. The van der Waals surface area contributed by atoms with Crippen molar-refractivity contribution in [2.24, 2.45) is 5.92 Å². The van der Waals surface area contributed by atoms with Gasteiger partial charge in [0.1, 0.15) is 6.33 Å². The van der Waals surface area contributed by atoms with Crippen LogP contribution in [-0.2, 0) is 22.6 Å². The van der Waals surface area contributed by atoms with Gasteiger partial charge in [-0.15, -0.1) is 0 Å². The first-order chi connectivity index (χ1) is 17.1. The molecule has 4 unspecified atom stereocenters. The molecule has 186 valence electrons. The molecule has 35 heavy (non-hydrogen) atoms. The molecule has 2 heterocycles. The Morgan fingerprint density at radius 3 is 2.43 bits per heavy atom. The van der Waals surface area contributed by atoms with E-state index in [2.05, 4.69) is 32.7 Å². The second-order valence-corrected chi connectivity index (χ2v) is 9.39. The number of ether oxygens (including phenoxy) is 2. The van der Waals surface area contributed by atoms with Crippen LogP contribution in [0.15, 0.2) is 60.0 Å². The summed E-state index contributed by atoms with van der Waals surface area (Å²) in [5.74, 6) is 0.776. The Morgan fingerprint density at radius 2 is 1.77 bits per heavy atom. The van der Waals surface area contributed by atoms with Crippen molar-refractivity contribution in [3.63, 3.8) is 0 Å². The first kappa shape index (κ1) is 25.2. The zero-order chi connectivity index (χ0) is 24.6. The minimum atomic E-state index is -0.542. The molecule has 0 radical (unpaired) electrons. The number of thioether (sulfide) groups is 1. The molecule has 2 amide bonds. The molecular weight excluding hydrogens is 466 g/mol. The highest BCUT2D eigenvalue weighted by Crippen LogP contribution is 2.42. The van der Waals surface area contributed by atoms with Gasteiger partial charge < -0.3 is 25.2 Å². The molecule has 1 saturated heterocycles. The minimum absolute atomic E-state index is 0.00481. The predicted molar refractivity (Wildman–Crippen MR) is 132 cm³/mol. The number of aliphatic hydroxyl groups excluding tert-OH is 1. The number of hydrogen-bond donors (Lipinski definition) is 4. The number of amides is 2. The van der Waals surface area contributed by atoms with Gasteiger partial charge in [0, 0.05) is 30.3 Å². The standard InChI is InChI=1S/C25H31N5O4S/c1-3-26-24(32)27-12-17-4-10-20(11-5-17)23-33-21(14-35-25-28-15-29-30-25)16(2)22(34-23)19-8-6-18(13-31)7-9-19/h4-11,15-16,21-23,31H,3,12-14H2,1-2H3,(H2,26,27,32)(H,28,29,30). The number of benzene rings is 2. The summed E-state index contributed by atoms with van der Waals surface area (Å²) >= 11 is 1.56. The van der Waals surface area contributed by atoms with Crippen molar-refractivity contribution in [2.45, 2.75) is 50.7 Å². The number of hydrogen-bond acceptors (Lipinski definition) is 7. The van der Waals surface area contributed by atoms with Crippen LogP contribution in [0.3, 0.4) is 0 Å². The Kier molecular flexibility index (Phi) is 8.75. The van der Waals surface area contributed by atoms with E-state index in [0.717, 1.165) is 27.4 Å². The first-order valence-corrected chi connectivity index (χ1v) is 12.6. The van der Waals surface area contributed by atoms with E-state index < -0.39 is 6.29 Å². The van der Waals surface area contributed by atoms with Crippen LogP contribution in [-0.4, -0.2) is 44.7 Å². The largest absolute Gasteiger partial charge is 0.392 e. The van der Waals surface area contributed by atoms with Gasteiger partial charge in [0.25, 0.3) is 0 Å². The van der Waals surface area contributed by atoms with Crippen LogP contribution in [0.4, 0.5) is 4.79 Å². The average molecular weight is 498 g/mol. The Bertz CT molecular complexity index is 1060. The van der Waals surface area contributed by atoms with Crippen LogP contribution in [0, 0.1) is 5.92 Å². The van der Waals surface area contributed by atoms with Crippen molar-refractivity contribution in [2.75, 3.05) is 12.3 Å². The molecule has 0 aliphatic carbocycles. The van der Waals surface area contributed by atoms with Crippen LogP contribution in [0.1, 0.15) is 48.5 Å². The van der Waals surface area contributed by atoms with Gasteiger partial charge in [0.2, 0.25) is 0 Å². The third-order valence-corrected chi connectivity index (χ3v) is 6.91. The summed E-state index contributed by atoms with van der Waals surface area (Å²) in [5.41, 5.74) is 3.79. The van der Waals surface area contributed by atoms with Crippen LogP contribution in [0.5, 0.6) is 0 Å². The lowest BCUT2D eigenvalue weighted by atomic mass is 9.91. The number of carbonyl (C=O) groups excluding carboxylic acids is 1. The van der Waals surface area contributed by atoms with Gasteiger partial charge in [0.15, 0.2) is 11.4 Å². The lowest BCUT2D eigenvalue weighted by Gasteiger charge is -2.41. The number of nitrogens with zero attached hydrogens (tertiary/aromatic N) is 2. The van der Waals surface area contributed by atoms with Gasteiger partial charge >= 0.3 is 6.03 Å². The van der Waals surface area contributed by atoms with E-state index >= 15 is 0 Å². The van der Waals surface area contributed by atoms with Crippen molar-refractivity contribution < 1.29 is 19.4 Å². The number of aromatic nitrogens is 3. The molecule has 4 atom stereocenters. The summed E-state index contributed by atoms with van der Waals surface area (Å²) in [6.07, 6.45) is 0.679. The molecule has 10 heteroatoms. The first-order valence-electron chi connectivity index (χ1n) is 11.7. The summed E-state index contributed by atoms with van der Waals surface area (Å²) in [5, 5.41) is 22.5. The molecule has 0 spiro atoms. The van der Waals surface area contributed by atoms with Crippen molar-refractivity contribution in [3.05, 3.63) is 77.1 Å². The molecule has 1 aliphatic heterocycles. The van der Waals surface area contributed by atoms with Crippen LogP contribution >= 0.6 is 11.8 Å². The van der Waals surface area contributed by atoms with Gasteiger partial charge in [0.05, 0.1) is 18.8 Å². The maximum atomic E-state index is 11.7. The molecule has 4 rings (SSSR count). The minimum Gasteiger partial charge on any atom is -0.392 e. The fourth-order valence-electron chi connectivity index (χ4n) is 3.93. The second kappa shape index (κ2) is 12.2. The maximum absolute atomic E-state index is 11.7. The van der Waals surface area contributed by atoms with Gasteiger partial charge in [-0.05, 0) is 23.6 Å². The summed E-state index contributed by atoms with van der Waals surface area (Å²) in [4.78, 5) is 15.9. The molecule has 2 aromatic carbocycles. The number of rotatable bonds is 9. The Labute approximate surface area is 209 Å². The summed E-state index contributed by atoms with van der Waals surface area (Å²) < 4.78 is 12.9. The predicted octanol–water partition coefficient (Wildman–Crippen LogP) is 3.70. The van der Waals surface area contributed by atoms with Gasteiger partial charge in [-0.1, -0.05) is 67.2 Å². The number of aromatic amines is 1. The second-order valence-electron chi connectivity index (χ2n) is 8.38. The smallest absolute Gasteiger partial charge is 0.315 e. The third-order valence-electron chi connectivity index (χ3n) is 5.94. The molecular formula is C25H31N5O4S. The third kappa shape index (κ3) is 6.61. The van der Waals surface area contributed by atoms with E-state index in [-0.39, 0.29) is 30.8 Å². The molecule has 9 nitrogen and oxygen atoms in total. The van der Waals surface area contributed by atoms with E-state index in [9.17, 15) is 9.90 Å². The van der Waals surface area contributed by atoms with Crippen LogP contribution in [0.2, 0.25) is 0 Å². The highest BCUT2D eigenvalue weighted by molar-refractivity contribution is 7.99. The Balaban J connectivity index is 1.50. The zero-order valence-electron chi connectivity index (χ0n) is 19.8. The van der Waals surface area contributed by atoms with Gasteiger partial charge in [-0.3, -0.25) is 5.10 Å². The van der Waals surface area contributed by atoms with Crippen molar-refractivity contribution in [3.8, 4) is 0 Å². The highest BCUT2D eigenvalue weighted by Gasteiger charge is 2.38. The lowest BCUT2D eigenvalue weighted by Crippen LogP contribution is -2.38. The molecule has 1 aromatic heterocycles. The van der Waals surface area contributed by atoms with E-state index in [0.29, 0.717) is 18.8 Å². The number of urea groups is 1. The number of aliphatic hydroxyl groups is 1. The van der Waals surface area contributed by atoms with Crippen LogP contribution < -0.4 is 10.6 Å². The number of carbonyl (C=O) groups is 1. The molecule has 3 aromatic rings. The normalized spacial score (nSPS) is 22.0. The van der Waals surface area contributed by atoms with Crippen molar-refractivity contribution in [1.82, 2.24) is 25.8 Å². The van der Waals surface area contributed by atoms with Crippen molar-refractivity contribution in [1.29, 1.82) is 0 Å². The molecule has 0 saturated carbocycles. The van der Waals surface area contributed by atoms with E-state index in [1.807, 2.05) is 55.5 Å². The van der Waals surface area contributed by atoms with E-state index in [1.165, 1.54) is 6.33 Å². The van der Waals surface area contributed by atoms with Gasteiger partial charge in [-0.2, -0.15) is 5.10 Å². The zero-order valence-corrected chi connectivity index (χ0v) is 20.6. The summed E-state index contributed by atoms with van der Waals surface area (Å²) in [7, 11) is 0. The SMILES string of the molecule is CCNC(=O)NCc1ccc(C2OC(CSc3ncn[nH]3)C(C)C(c3ccc(CO)cc3)O2)cc1. The lowest BCUT2D eigenvalue weighted by molar-refractivity contribution is -0.268. The fourth-order valence-corrected chi connectivity index (χ4v) is 4.88. The van der Waals surface area contributed by atoms with Crippen molar-refractivity contribution >= 4 is 17.8 Å². The average Bonchev–Trinajstić information content (AvgIpc) is 3.41. The van der Waals surface area contributed by atoms with Crippen LogP contribution in [0.25, 0.3) is 0 Å². The molecule has 4 N–H and O–H groups in total. The Hall–Kier alpha value is -2.92. The monoisotopic (exact) mass is 497 g/mol. The number of H-pyrrole nitrogens is 1. The summed E-state index contributed by atoms with van der Waals surface area (Å²) in [6, 6.07) is 15.6.